The first-order valence-electron chi connectivity index (χ1n) is 8.69. The Bertz CT molecular complexity index is 680. The molecule has 0 spiro atoms. The van der Waals surface area contributed by atoms with Gasteiger partial charge in [-0.15, -0.1) is 0 Å². The van der Waals surface area contributed by atoms with Crippen LogP contribution >= 0.6 is 0 Å². The monoisotopic (exact) mass is 326 g/mol. The van der Waals surface area contributed by atoms with Gasteiger partial charge in [-0.3, -0.25) is 9.48 Å². The number of aromatic nitrogens is 2. The van der Waals surface area contributed by atoms with Crippen LogP contribution in [-0.2, 0) is 18.3 Å². The normalized spacial score (nSPS) is 20.2. The van der Waals surface area contributed by atoms with E-state index in [0.29, 0.717) is 18.5 Å². The molecule has 0 saturated heterocycles. The number of amides is 1. The largest absolute Gasteiger partial charge is 0.310 e. The summed E-state index contributed by atoms with van der Waals surface area (Å²) in [7, 11) is 1.84. The Morgan fingerprint density at radius 3 is 2.79 bits per heavy atom. The van der Waals surface area contributed by atoms with Crippen molar-refractivity contribution in [2.24, 2.45) is 13.0 Å². The van der Waals surface area contributed by atoms with E-state index in [1.54, 1.807) is 4.68 Å². The predicted molar refractivity (Wildman–Crippen MR) is 95.9 cm³/mol. The van der Waals surface area contributed by atoms with Crippen LogP contribution < -0.4 is 10.6 Å². The van der Waals surface area contributed by atoms with Crippen molar-refractivity contribution in [3.63, 3.8) is 0 Å². The van der Waals surface area contributed by atoms with Gasteiger partial charge in [-0.05, 0) is 37.7 Å². The number of carbonyl (C=O) groups excluding carboxylic acids is 1. The Hall–Kier alpha value is -2.14. The maximum Gasteiger partial charge on any atom is 0.239 e. The fraction of sp³-hybridized carbons (Fsp3) is 0.474. The second-order valence-corrected chi connectivity index (χ2v) is 6.71. The molecule has 2 atom stereocenters. The fourth-order valence-corrected chi connectivity index (χ4v) is 3.61. The molecule has 1 saturated carbocycles. The highest BCUT2D eigenvalue weighted by molar-refractivity contribution is 5.91. The predicted octanol–water partition coefficient (Wildman–Crippen LogP) is 2.67. The molecule has 1 aromatic heterocycles. The van der Waals surface area contributed by atoms with Crippen LogP contribution in [0, 0.1) is 12.8 Å². The molecule has 24 heavy (non-hydrogen) atoms. The number of anilines is 1. The van der Waals surface area contributed by atoms with Crippen molar-refractivity contribution in [3.8, 4) is 0 Å². The summed E-state index contributed by atoms with van der Waals surface area (Å²) in [6.45, 7) is 2.26. The number of carbonyl (C=O) groups is 1. The van der Waals surface area contributed by atoms with Crippen molar-refractivity contribution < 1.29 is 4.79 Å². The Balaban J connectivity index is 1.50. The van der Waals surface area contributed by atoms with E-state index >= 15 is 0 Å². The van der Waals surface area contributed by atoms with Crippen LogP contribution in [0.25, 0.3) is 0 Å². The van der Waals surface area contributed by atoms with E-state index in [9.17, 15) is 4.79 Å². The summed E-state index contributed by atoms with van der Waals surface area (Å²) in [6.07, 6.45) is 4.70. The smallest absolute Gasteiger partial charge is 0.239 e. The summed E-state index contributed by atoms with van der Waals surface area (Å²) in [5.74, 6) is 1.34. The lowest BCUT2D eigenvalue weighted by atomic mass is 9.94. The number of benzene rings is 1. The maximum absolute atomic E-state index is 12.2. The molecule has 0 unspecified atom stereocenters. The minimum atomic E-state index is -0.0108. The molecular weight excluding hydrogens is 300 g/mol. The zero-order valence-electron chi connectivity index (χ0n) is 14.5. The van der Waals surface area contributed by atoms with Gasteiger partial charge in [0.1, 0.15) is 5.82 Å². The molecule has 1 aliphatic carbocycles. The number of rotatable bonds is 6. The molecule has 5 heteroatoms. The zero-order valence-corrected chi connectivity index (χ0v) is 14.5. The summed E-state index contributed by atoms with van der Waals surface area (Å²) in [4.78, 5) is 12.2. The van der Waals surface area contributed by atoms with Gasteiger partial charge in [0.25, 0.3) is 0 Å². The van der Waals surface area contributed by atoms with Crippen LogP contribution in [0.3, 0.4) is 0 Å². The molecule has 1 aliphatic rings. The van der Waals surface area contributed by atoms with Gasteiger partial charge in [-0.2, -0.15) is 5.10 Å². The lowest BCUT2D eigenvalue weighted by Gasteiger charge is -2.21. The van der Waals surface area contributed by atoms with Gasteiger partial charge >= 0.3 is 0 Å². The lowest BCUT2D eigenvalue weighted by molar-refractivity contribution is -0.115. The molecule has 3 rings (SSSR count). The maximum atomic E-state index is 12.2. The van der Waals surface area contributed by atoms with Gasteiger partial charge < -0.3 is 10.6 Å². The third-order valence-electron chi connectivity index (χ3n) is 4.79. The Morgan fingerprint density at radius 2 is 2.08 bits per heavy atom. The quantitative estimate of drug-likeness (QED) is 0.858. The number of nitrogens with zero attached hydrogens (tertiary/aromatic N) is 2. The molecule has 1 aromatic carbocycles. The second kappa shape index (κ2) is 7.62. The first-order valence-corrected chi connectivity index (χ1v) is 8.69. The molecular formula is C19H26N4O. The molecule has 1 amide bonds. The third kappa shape index (κ3) is 4.23. The summed E-state index contributed by atoms with van der Waals surface area (Å²) >= 11 is 0. The van der Waals surface area contributed by atoms with Crippen molar-refractivity contribution >= 4 is 11.7 Å². The summed E-state index contributed by atoms with van der Waals surface area (Å²) in [5.41, 5.74) is 2.28. The van der Waals surface area contributed by atoms with E-state index in [4.69, 9.17) is 0 Å². The lowest BCUT2D eigenvalue weighted by Crippen LogP contribution is -2.39. The molecule has 0 bridgehead atoms. The highest BCUT2D eigenvalue weighted by atomic mass is 16.2. The molecule has 2 aromatic rings. The number of aryl methyl sites for hydroxylation is 2. The number of hydrogen-bond donors (Lipinski definition) is 2. The number of nitrogens with one attached hydrogen (secondary N) is 2. The summed E-state index contributed by atoms with van der Waals surface area (Å²) < 4.78 is 1.70. The van der Waals surface area contributed by atoms with Crippen molar-refractivity contribution in [1.29, 1.82) is 0 Å². The molecule has 5 nitrogen and oxygen atoms in total. The van der Waals surface area contributed by atoms with Crippen LogP contribution in [0.4, 0.5) is 5.82 Å². The average Bonchev–Trinajstić information content (AvgIpc) is 3.12. The van der Waals surface area contributed by atoms with E-state index in [-0.39, 0.29) is 5.91 Å². The van der Waals surface area contributed by atoms with Gasteiger partial charge in [-0.25, -0.2) is 0 Å². The standard InChI is InChI=1S/C19H26N4O/c1-14-11-18(23(2)22-14)21-19(24)13-20-17-10-6-9-16(17)12-15-7-4-3-5-8-15/h3-5,7-8,11,16-17,20H,6,9-10,12-13H2,1-2H3,(H,21,24)/t16-,17-/m1/s1. The van der Waals surface area contributed by atoms with Gasteiger partial charge in [0.05, 0.1) is 12.2 Å². The molecule has 1 fully saturated rings. The highest BCUT2D eigenvalue weighted by Gasteiger charge is 2.27. The van der Waals surface area contributed by atoms with Crippen LogP contribution in [0.2, 0.25) is 0 Å². The first kappa shape index (κ1) is 16.7. The van der Waals surface area contributed by atoms with Crippen LogP contribution in [0.1, 0.15) is 30.5 Å². The van der Waals surface area contributed by atoms with E-state index in [0.717, 1.165) is 24.4 Å². The van der Waals surface area contributed by atoms with Crippen molar-refractivity contribution in [2.45, 2.75) is 38.6 Å². The van der Waals surface area contributed by atoms with Gasteiger partial charge in [0.15, 0.2) is 0 Å². The molecule has 2 N–H and O–H groups in total. The summed E-state index contributed by atoms with van der Waals surface area (Å²) in [5, 5.41) is 10.6. The van der Waals surface area contributed by atoms with Crippen LogP contribution in [0.5, 0.6) is 0 Å². The molecule has 1 heterocycles. The molecule has 0 aliphatic heterocycles. The first-order chi connectivity index (χ1) is 11.6. The van der Waals surface area contributed by atoms with Gasteiger partial charge in [-0.1, -0.05) is 36.8 Å². The minimum Gasteiger partial charge on any atom is -0.310 e. The minimum absolute atomic E-state index is 0.0108. The van der Waals surface area contributed by atoms with Gasteiger partial charge in [0.2, 0.25) is 5.91 Å². The topological polar surface area (TPSA) is 59.0 Å². The van der Waals surface area contributed by atoms with E-state index in [1.807, 2.05) is 20.0 Å². The van der Waals surface area contributed by atoms with Gasteiger partial charge in [0, 0.05) is 19.2 Å². The van der Waals surface area contributed by atoms with E-state index in [1.165, 1.54) is 18.4 Å². The third-order valence-corrected chi connectivity index (χ3v) is 4.79. The van der Waals surface area contributed by atoms with Crippen molar-refractivity contribution in [3.05, 3.63) is 47.7 Å². The Kier molecular flexibility index (Phi) is 5.30. The Labute approximate surface area is 143 Å². The average molecular weight is 326 g/mol. The SMILES string of the molecule is Cc1cc(NC(=O)CN[C@@H]2CCC[C@@H]2Cc2ccccc2)n(C)n1. The van der Waals surface area contributed by atoms with Crippen LogP contribution in [0.15, 0.2) is 36.4 Å². The summed E-state index contributed by atoms with van der Waals surface area (Å²) in [6, 6.07) is 12.9. The van der Waals surface area contributed by atoms with E-state index < -0.39 is 0 Å². The van der Waals surface area contributed by atoms with Crippen LogP contribution in [-0.4, -0.2) is 28.3 Å². The Morgan fingerprint density at radius 1 is 1.29 bits per heavy atom. The number of hydrogen-bond acceptors (Lipinski definition) is 3. The second-order valence-electron chi connectivity index (χ2n) is 6.71. The molecule has 0 radical (unpaired) electrons. The molecule has 128 valence electrons. The highest BCUT2D eigenvalue weighted by Crippen LogP contribution is 2.28. The van der Waals surface area contributed by atoms with Crippen molar-refractivity contribution in [2.75, 3.05) is 11.9 Å². The van der Waals surface area contributed by atoms with E-state index in [2.05, 4.69) is 46.1 Å². The van der Waals surface area contributed by atoms with Crippen molar-refractivity contribution in [1.82, 2.24) is 15.1 Å². The fourth-order valence-electron chi connectivity index (χ4n) is 3.61. The zero-order chi connectivity index (χ0) is 16.9.